The van der Waals surface area contributed by atoms with Crippen LogP contribution in [-0.4, -0.2) is 0 Å². The van der Waals surface area contributed by atoms with Gasteiger partial charge in [-0.3, -0.25) is 0 Å². The van der Waals surface area contributed by atoms with E-state index in [9.17, 15) is 0 Å². The highest BCUT2D eigenvalue weighted by Crippen LogP contribution is 2.52. The number of hydrogen-bond donors (Lipinski definition) is 0. The molecule has 0 saturated heterocycles. The van der Waals surface area contributed by atoms with Crippen molar-refractivity contribution in [2.75, 3.05) is 0 Å². The lowest BCUT2D eigenvalue weighted by molar-refractivity contribution is 1.60. The zero-order valence-electron chi connectivity index (χ0n) is 29.6. The summed E-state index contributed by atoms with van der Waals surface area (Å²) in [5.74, 6) is 0. The molecule has 0 bridgehead atoms. The molecule has 0 nitrogen and oxygen atoms in total. The average Bonchev–Trinajstić information content (AvgIpc) is 3.57. The van der Waals surface area contributed by atoms with Crippen LogP contribution < -0.4 is 0 Å². The van der Waals surface area contributed by atoms with Crippen molar-refractivity contribution < 1.29 is 0 Å². The van der Waals surface area contributed by atoms with E-state index in [0.717, 1.165) is 0 Å². The lowest BCUT2D eigenvalue weighted by atomic mass is 9.83. The molecule has 0 heteroatoms. The Bertz CT molecular complexity index is 3040. The molecule has 250 valence electrons. The van der Waals surface area contributed by atoms with E-state index in [1.807, 2.05) is 0 Å². The summed E-state index contributed by atoms with van der Waals surface area (Å²) in [5, 5.41) is 10.2. The van der Waals surface area contributed by atoms with Gasteiger partial charge < -0.3 is 0 Å². The van der Waals surface area contributed by atoms with E-state index >= 15 is 0 Å². The lowest BCUT2D eigenvalue weighted by Gasteiger charge is -2.20. The normalized spacial score (nSPS) is 12.0. The average molecular weight is 683 g/mol. The topological polar surface area (TPSA) is 0 Å². The second kappa shape index (κ2) is 12.3. The molecule has 0 amide bonds. The van der Waals surface area contributed by atoms with Crippen molar-refractivity contribution in [3.05, 3.63) is 205 Å². The number of fused-ring (bicyclic) bond motifs is 6. The molecule has 0 aromatic heterocycles. The smallest absolute Gasteiger partial charge is 0.00201 e. The SMILES string of the molecule is C(=C\c1ccc(-c2c3ccccc3c(-c3ccc4c5c(cccc35)-c3ccccc3-4)c3ccccc23)c2ccccc12)/c1ccc(-c2ccccc2)cc1. The Labute approximate surface area is 314 Å². The predicted molar refractivity (Wildman–Crippen MR) is 233 cm³/mol. The van der Waals surface area contributed by atoms with Crippen LogP contribution in [0.25, 0.3) is 111 Å². The maximum atomic E-state index is 2.36. The summed E-state index contributed by atoms with van der Waals surface area (Å²) < 4.78 is 0. The fraction of sp³-hybridized carbons (Fsp3) is 0. The number of benzene rings is 10. The van der Waals surface area contributed by atoms with Gasteiger partial charge in [-0.25, -0.2) is 0 Å². The molecule has 0 radical (unpaired) electrons. The van der Waals surface area contributed by atoms with Crippen molar-refractivity contribution in [1.29, 1.82) is 0 Å². The zero-order chi connectivity index (χ0) is 35.6. The molecule has 0 heterocycles. The molecule has 1 aliphatic rings. The second-order valence-corrected chi connectivity index (χ2v) is 14.3. The van der Waals surface area contributed by atoms with Gasteiger partial charge in [0.15, 0.2) is 0 Å². The zero-order valence-corrected chi connectivity index (χ0v) is 29.6. The summed E-state index contributed by atoms with van der Waals surface area (Å²) >= 11 is 0. The number of rotatable bonds is 5. The lowest BCUT2D eigenvalue weighted by Crippen LogP contribution is -1.93. The van der Waals surface area contributed by atoms with Crippen LogP contribution in [0, 0.1) is 0 Å². The Balaban J connectivity index is 1.09. The highest BCUT2D eigenvalue weighted by atomic mass is 14.3. The molecule has 10 aromatic carbocycles. The Kier molecular flexibility index (Phi) is 6.97. The maximum Gasteiger partial charge on any atom is -0.00201 e. The molecular weight excluding hydrogens is 649 g/mol. The molecule has 0 N–H and O–H groups in total. The van der Waals surface area contributed by atoms with E-state index in [1.165, 1.54) is 110 Å². The second-order valence-electron chi connectivity index (χ2n) is 14.3. The van der Waals surface area contributed by atoms with Crippen LogP contribution in [0.5, 0.6) is 0 Å². The molecule has 11 rings (SSSR count). The quantitative estimate of drug-likeness (QED) is 0.125. The van der Waals surface area contributed by atoms with Gasteiger partial charge in [0.1, 0.15) is 0 Å². The van der Waals surface area contributed by atoms with Crippen molar-refractivity contribution in [2.24, 2.45) is 0 Å². The molecule has 0 atom stereocenters. The summed E-state index contributed by atoms with van der Waals surface area (Å²) in [4.78, 5) is 0. The van der Waals surface area contributed by atoms with Crippen molar-refractivity contribution in [1.82, 2.24) is 0 Å². The molecule has 0 fully saturated rings. The van der Waals surface area contributed by atoms with Crippen LogP contribution in [0.1, 0.15) is 11.1 Å². The van der Waals surface area contributed by atoms with E-state index in [1.54, 1.807) is 0 Å². The van der Waals surface area contributed by atoms with E-state index in [0.29, 0.717) is 0 Å². The van der Waals surface area contributed by atoms with Crippen LogP contribution in [0.2, 0.25) is 0 Å². The molecular formula is C54H34. The van der Waals surface area contributed by atoms with Gasteiger partial charge in [0.2, 0.25) is 0 Å². The Hall–Kier alpha value is -7.02. The molecule has 0 spiro atoms. The summed E-state index contributed by atoms with van der Waals surface area (Å²) in [7, 11) is 0. The van der Waals surface area contributed by atoms with Crippen LogP contribution in [0.4, 0.5) is 0 Å². The maximum absolute atomic E-state index is 2.36. The van der Waals surface area contributed by atoms with Crippen LogP contribution in [0.3, 0.4) is 0 Å². The first kappa shape index (κ1) is 30.6. The van der Waals surface area contributed by atoms with Gasteiger partial charge in [-0.2, -0.15) is 0 Å². The molecule has 10 aromatic rings. The van der Waals surface area contributed by atoms with Crippen LogP contribution in [-0.2, 0) is 0 Å². The van der Waals surface area contributed by atoms with Gasteiger partial charge in [-0.05, 0) is 110 Å². The van der Waals surface area contributed by atoms with Crippen molar-refractivity contribution in [3.63, 3.8) is 0 Å². The van der Waals surface area contributed by atoms with Crippen LogP contribution in [0.15, 0.2) is 194 Å². The van der Waals surface area contributed by atoms with Crippen molar-refractivity contribution >= 4 is 55.2 Å². The van der Waals surface area contributed by atoms with Gasteiger partial charge in [0, 0.05) is 0 Å². The van der Waals surface area contributed by atoms with E-state index < -0.39 is 0 Å². The molecule has 54 heavy (non-hydrogen) atoms. The third-order valence-corrected chi connectivity index (χ3v) is 11.4. The Morgan fingerprint density at radius 3 is 1.33 bits per heavy atom. The van der Waals surface area contributed by atoms with Gasteiger partial charge in [0.25, 0.3) is 0 Å². The third-order valence-electron chi connectivity index (χ3n) is 11.4. The van der Waals surface area contributed by atoms with Gasteiger partial charge in [0.05, 0.1) is 0 Å². The van der Waals surface area contributed by atoms with Crippen molar-refractivity contribution in [2.45, 2.75) is 0 Å². The standard InChI is InChI=1S/C54H34/c1-2-13-36(14-3-1)37-28-25-35(26-29-37)27-30-38-31-32-49(40-16-5-4-15-39(38)40)53-44-19-8-10-21-46(44)54(47-22-11-9-20-45(47)53)51-34-33-50-42-18-7-6-17-41(42)43-23-12-24-48(51)52(43)50/h1-34H/b30-27+. The molecule has 1 aliphatic carbocycles. The number of hydrogen-bond acceptors (Lipinski definition) is 0. The largest absolute Gasteiger partial charge is 0.0622 e. The van der Waals surface area contributed by atoms with Gasteiger partial charge >= 0.3 is 0 Å². The van der Waals surface area contributed by atoms with Gasteiger partial charge in [-0.1, -0.05) is 206 Å². The minimum atomic E-state index is 1.18. The van der Waals surface area contributed by atoms with Crippen LogP contribution >= 0.6 is 0 Å². The summed E-state index contributed by atoms with van der Waals surface area (Å²) in [5.41, 5.74) is 15.3. The molecule has 0 unspecified atom stereocenters. The summed E-state index contributed by atoms with van der Waals surface area (Å²) in [6.07, 6.45) is 4.49. The third kappa shape index (κ3) is 4.71. The molecule has 0 saturated carbocycles. The fourth-order valence-corrected chi connectivity index (χ4v) is 9.02. The monoisotopic (exact) mass is 682 g/mol. The fourth-order valence-electron chi connectivity index (χ4n) is 9.02. The minimum absolute atomic E-state index is 1.18. The van der Waals surface area contributed by atoms with E-state index in [4.69, 9.17) is 0 Å². The first-order chi connectivity index (χ1) is 26.8. The first-order valence-electron chi connectivity index (χ1n) is 18.8. The van der Waals surface area contributed by atoms with Crippen molar-refractivity contribution in [3.8, 4) is 55.6 Å². The molecule has 0 aliphatic heterocycles. The summed E-state index contributed by atoms with van der Waals surface area (Å²) in [6.45, 7) is 0. The van der Waals surface area contributed by atoms with Gasteiger partial charge in [-0.15, -0.1) is 0 Å². The Morgan fingerprint density at radius 2 is 0.685 bits per heavy atom. The predicted octanol–water partition coefficient (Wildman–Crippen LogP) is 15.1. The first-order valence-corrected chi connectivity index (χ1v) is 18.8. The van der Waals surface area contributed by atoms with E-state index in [-0.39, 0.29) is 0 Å². The highest BCUT2D eigenvalue weighted by molar-refractivity contribution is 6.27. The Morgan fingerprint density at radius 1 is 0.241 bits per heavy atom. The minimum Gasteiger partial charge on any atom is -0.0622 e. The van der Waals surface area contributed by atoms with E-state index in [2.05, 4.69) is 206 Å². The summed E-state index contributed by atoms with van der Waals surface area (Å²) in [6, 6.07) is 71.3. The highest BCUT2D eigenvalue weighted by Gasteiger charge is 2.24.